The fraction of sp³-hybridized carbons (Fsp3) is 0.308. The summed E-state index contributed by atoms with van der Waals surface area (Å²) in [6, 6.07) is 10.1. The summed E-state index contributed by atoms with van der Waals surface area (Å²) in [6.45, 7) is 1.94. The number of carbonyl (C=O) groups excluding carboxylic acids is 1. The Morgan fingerprint density at radius 3 is 2.67 bits per heavy atom. The molecule has 1 aromatic carbocycles. The molecular formula is C13H14O2. The van der Waals surface area contributed by atoms with E-state index in [4.69, 9.17) is 4.74 Å². The molecule has 0 aromatic heterocycles. The van der Waals surface area contributed by atoms with Gasteiger partial charge in [0.15, 0.2) is 0 Å². The molecule has 1 saturated heterocycles. The van der Waals surface area contributed by atoms with E-state index in [1.807, 2.05) is 43.3 Å². The fourth-order valence-corrected chi connectivity index (χ4v) is 1.72. The first-order valence-electron chi connectivity index (χ1n) is 5.18. The summed E-state index contributed by atoms with van der Waals surface area (Å²) in [5.74, 6) is 0.128. The van der Waals surface area contributed by atoms with Gasteiger partial charge in [-0.15, -0.1) is 0 Å². The summed E-state index contributed by atoms with van der Waals surface area (Å²) in [7, 11) is 0. The second-order valence-electron chi connectivity index (χ2n) is 3.83. The van der Waals surface area contributed by atoms with E-state index in [1.54, 1.807) is 0 Å². The summed E-state index contributed by atoms with van der Waals surface area (Å²) >= 11 is 0. The predicted octanol–water partition coefficient (Wildman–Crippen LogP) is 2.65. The molecule has 2 atom stereocenters. The molecule has 1 aliphatic rings. The van der Waals surface area contributed by atoms with Crippen LogP contribution in [0, 0.1) is 5.92 Å². The van der Waals surface area contributed by atoms with Crippen LogP contribution in [0.5, 0.6) is 0 Å². The molecule has 15 heavy (non-hydrogen) atoms. The lowest BCUT2D eigenvalue weighted by atomic mass is 10.0. The van der Waals surface area contributed by atoms with Crippen molar-refractivity contribution in [3.05, 3.63) is 42.0 Å². The van der Waals surface area contributed by atoms with E-state index < -0.39 is 0 Å². The average Bonchev–Trinajstić information content (AvgIpc) is 2.56. The number of esters is 1. The van der Waals surface area contributed by atoms with Gasteiger partial charge in [0.1, 0.15) is 6.10 Å². The van der Waals surface area contributed by atoms with Crippen molar-refractivity contribution in [2.24, 2.45) is 5.92 Å². The van der Waals surface area contributed by atoms with Crippen LogP contribution in [0.25, 0.3) is 6.08 Å². The summed E-state index contributed by atoms with van der Waals surface area (Å²) in [6.07, 6.45) is 4.62. The number of hydrogen-bond acceptors (Lipinski definition) is 2. The van der Waals surface area contributed by atoms with Crippen molar-refractivity contribution in [1.82, 2.24) is 0 Å². The van der Waals surface area contributed by atoms with Gasteiger partial charge in [0.05, 0.1) is 6.42 Å². The Morgan fingerprint density at radius 2 is 2.07 bits per heavy atom. The first-order valence-corrected chi connectivity index (χ1v) is 5.18. The molecule has 0 saturated carbocycles. The van der Waals surface area contributed by atoms with Crippen molar-refractivity contribution in [3.63, 3.8) is 0 Å². The average molecular weight is 202 g/mol. The summed E-state index contributed by atoms with van der Waals surface area (Å²) in [5, 5.41) is 0. The van der Waals surface area contributed by atoms with Gasteiger partial charge in [-0.25, -0.2) is 0 Å². The van der Waals surface area contributed by atoms with Gasteiger partial charge >= 0.3 is 5.97 Å². The van der Waals surface area contributed by atoms with Gasteiger partial charge in [0, 0.05) is 5.92 Å². The molecular weight excluding hydrogens is 188 g/mol. The zero-order valence-electron chi connectivity index (χ0n) is 8.72. The highest BCUT2D eigenvalue weighted by atomic mass is 16.5. The van der Waals surface area contributed by atoms with Crippen LogP contribution in [0.2, 0.25) is 0 Å². The maximum absolute atomic E-state index is 11.0. The third-order valence-corrected chi connectivity index (χ3v) is 2.66. The van der Waals surface area contributed by atoms with Crippen LogP contribution in [0.15, 0.2) is 36.4 Å². The minimum absolute atomic E-state index is 0.0115. The number of ether oxygens (including phenoxy) is 1. The van der Waals surface area contributed by atoms with Crippen LogP contribution in [0.1, 0.15) is 18.9 Å². The normalized spacial score (nSPS) is 25.8. The number of benzene rings is 1. The van der Waals surface area contributed by atoms with Crippen molar-refractivity contribution >= 4 is 12.0 Å². The van der Waals surface area contributed by atoms with Crippen molar-refractivity contribution in [1.29, 1.82) is 0 Å². The standard InChI is InChI=1S/C13H14O2/c1-10-12(9-13(14)15-10)8-7-11-5-3-2-4-6-11/h2-8,10,12H,9H2,1H3/b8-7+/t10-,12+/m1/s1. The zero-order valence-corrected chi connectivity index (χ0v) is 8.72. The summed E-state index contributed by atoms with van der Waals surface area (Å²) in [4.78, 5) is 11.0. The van der Waals surface area contributed by atoms with Crippen molar-refractivity contribution in [2.75, 3.05) is 0 Å². The molecule has 0 aliphatic carbocycles. The largest absolute Gasteiger partial charge is 0.462 e. The quantitative estimate of drug-likeness (QED) is 0.689. The molecule has 1 fully saturated rings. The first-order chi connectivity index (χ1) is 7.25. The van der Waals surface area contributed by atoms with E-state index in [9.17, 15) is 4.79 Å². The number of rotatable bonds is 2. The van der Waals surface area contributed by atoms with E-state index in [0.717, 1.165) is 5.56 Å². The van der Waals surface area contributed by atoms with Crippen molar-refractivity contribution in [3.8, 4) is 0 Å². The molecule has 1 aromatic rings. The van der Waals surface area contributed by atoms with E-state index in [1.165, 1.54) is 0 Å². The van der Waals surface area contributed by atoms with Crippen LogP contribution in [0.3, 0.4) is 0 Å². The lowest BCUT2D eigenvalue weighted by molar-refractivity contribution is -0.140. The maximum atomic E-state index is 11.0. The van der Waals surface area contributed by atoms with Crippen LogP contribution in [0.4, 0.5) is 0 Å². The van der Waals surface area contributed by atoms with Gasteiger partial charge in [0.25, 0.3) is 0 Å². The third-order valence-electron chi connectivity index (χ3n) is 2.66. The lowest BCUT2D eigenvalue weighted by Crippen LogP contribution is -2.08. The molecule has 0 spiro atoms. The van der Waals surface area contributed by atoms with Gasteiger partial charge < -0.3 is 4.74 Å². The van der Waals surface area contributed by atoms with Crippen molar-refractivity contribution < 1.29 is 9.53 Å². The fourth-order valence-electron chi connectivity index (χ4n) is 1.72. The number of carbonyl (C=O) groups is 1. The first kappa shape index (κ1) is 9.97. The maximum Gasteiger partial charge on any atom is 0.306 e. The molecule has 0 N–H and O–H groups in total. The van der Waals surface area contributed by atoms with Crippen molar-refractivity contribution in [2.45, 2.75) is 19.4 Å². The number of cyclic esters (lactones) is 1. The molecule has 2 heteroatoms. The smallest absolute Gasteiger partial charge is 0.306 e. The van der Waals surface area contributed by atoms with E-state index in [0.29, 0.717) is 6.42 Å². The lowest BCUT2D eigenvalue weighted by Gasteiger charge is -2.06. The number of hydrogen-bond donors (Lipinski definition) is 0. The Kier molecular flexibility index (Phi) is 2.86. The highest BCUT2D eigenvalue weighted by Crippen LogP contribution is 2.23. The second kappa shape index (κ2) is 4.30. The van der Waals surface area contributed by atoms with Crippen LogP contribution >= 0.6 is 0 Å². The minimum Gasteiger partial charge on any atom is -0.462 e. The minimum atomic E-state index is -0.0924. The van der Waals surface area contributed by atoms with Gasteiger partial charge in [-0.1, -0.05) is 42.5 Å². The Balaban J connectivity index is 2.03. The molecule has 1 heterocycles. The van der Waals surface area contributed by atoms with Gasteiger partial charge in [-0.05, 0) is 12.5 Å². The van der Waals surface area contributed by atoms with Crippen LogP contribution in [-0.2, 0) is 9.53 Å². The van der Waals surface area contributed by atoms with Gasteiger partial charge in [0.2, 0.25) is 0 Å². The topological polar surface area (TPSA) is 26.3 Å². The van der Waals surface area contributed by atoms with Crippen LogP contribution in [-0.4, -0.2) is 12.1 Å². The third kappa shape index (κ3) is 2.46. The molecule has 0 amide bonds. The molecule has 78 valence electrons. The predicted molar refractivity (Wildman–Crippen MR) is 59.1 cm³/mol. The SMILES string of the molecule is C[C@H]1OC(=O)C[C@@H]1/C=C/c1ccccc1. The Hall–Kier alpha value is -1.57. The Morgan fingerprint density at radius 1 is 1.33 bits per heavy atom. The molecule has 1 aliphatic heterocycles. The summed E-state index contributed by atoms with van der Waals surface area (Å²) < 4.78 is 5.07. The highest BCUT2D eigenvalue weighted by Gasteiger charge is 2.28. The van der Waals surface area contributed by atoms with Gasteiger partial charge in [-0.2, -0.15) is 0 Å². The Bertz CT molecular complexity index is 367. The summed E-state index contributed by atoms with van der Waals surface area (Å²) in [5.41, 5.74) is 1.16. The highest BCUT2D eigenvalue weighted by molar-refractivity contribution is 5.72. The molecule has 2 nitrogen and oxygen atoms in total. The van der Waals surface area contributed by atoms with E-state index in [2.05, 4.69) is 6.08 Å². The zero-order chi connectivity index (χ0) is 10.7. The molecule has 0 radical (unpaired) electrons. The van der Waals surface area contributed by atoms with E-state index >= 15 is 0 Å². The van der Waals surface area contributed by atoms with Crippen LogP contribution < -0.4 is 0 Å². The molecule has 0 unspecified atom stereocenters. The molecule has 2 rings (SSSR count). The molecule has 0 bridgehead atoms. The Labute approximate surface area is 89.6 Å². The van der Waals surface area contributed by atoms with E-state index in [-0.39, 0.29) is 18.0 Å². The monoisotopic (exact) mass is 202 g/mol. The van der Waals surface area contributed by atoms with Gasteiger partial charge in [-0.3, -0.25) is 4.79 Å². The second-order valence-corrected chi connectivity index (χ2v) is 3.83.